The monoisotopic (exact) mass is 346 g/mol. The second-order valence-corrected chi connectivity index (χ2v) is 5.52. The molecular formula is C16H15ClN4O3. The Morgan fingerprint density at radius 2 is 1.92 bits per heavy atom. The van der Waals surface area contributed by atoms with Crippen LogP contribution in [0.3, 0.4) is 0 Å². The van der Waals surface area contributed by atoms with Crippen LogP contribution in [0, 0.1) is 10.1 Å². The number of hydrazone groups is 1. The lowest BCUT2D eigenvalue weighted by Gasteiger charge is -2.11. The number of amides is 1. The second kappa shape index (κ2) is 7.56. The van der Waals surface area contributed by atoms with Gasteiger partial charge < -0.3 is 4.90 Å². The number of nitro benzene ring substituents is 1. The molecule has 0 aliphatic heterocycles. The van der Waals surface area contributed by atoms with Crippen LogP contribution in [-0.2, 0) is 0 Å². The van der Waals surface area contributed by atoms with Crippen LogP contribution >= 0.6 is 11.6 Å². The number of benzene rings is 2. The van der Waals surface area contributed by atoms with Gasteiger partial charge in [-0.2, -0.15) is 5.10 Å². The fraction of sp³-hybridized carbons (Fsp3) is 0.125. The number of carbonyl (C=O) groups is 1. The van der Waals surface area contributed by atoms with Crippen LogP contribution in [0.4, 0.5) is 11.4 Å². The molecule has 1 N–H and O–H groups in total. The molecule has 0 fully saturated rings. The summed E-state index contributed by atoms with van der Waals surface area (Å²) in [6, 6.07) is 11.4. The molecule has 0 saturated carbocycles. The van der Waals surface area contributed by atoms with Gasteiger partial charge in [-0.1, -0.05) is 23.7 Å². The first-order valence-electron chi connectivity index (χ1n) is 6.93. The zero-order chi connectivity index (χ0) is 17.7. The van der Waals surface area contributed by atoms with Gasteiger partial charge in [0, 0.05) is 31.4 Å². The predicted molar refractivity (Wildman–Crippen MR) is 93.9 cm³/mol. The molecule has 0 radical (unpaired) electrons. The van der Waals surface area contributed by atoms with Gasteiger partial charge in [-0.25, -0.2) is 5.43 Å². The maximum absolute atomic E-state index is 12.0. The topological polar surface area (TPSA) is 87.8 Å². The molecule has 0 unspecified atom stereocenters. The van der Waals surface area contributed by atoms with E-state index in [9.17, 15) is 14.9 Å². The van der Waals surface area contributed by atoms with Crippen LogP contribution in [0.5, 0.6) is 0 Å². The van der Waals surface area contributed by atoms with Crippen molar-refractivity contribution >= 4 is 35.1 Å². The molecule has 0 heterocycles. The summed E-state index contributed by atoms with van der Waals surface area (Å²) in [7, 11) is 3.88. The first-order chi connectivity index (χ1) is 11.4. The minimum absolute atomic E-state index is 0.0268. The fourth-order valence-corrected chi connectivity index (χ4v) is 2.07. The van der Waals surface area contributed by atoms with Crippen molar-refractivity contribution in [3.05, 3.63) is 68.7 Å². The van der Waals surface area contributed by atoms with Crippen LogP contribution in [-0.4, -0.2) is 31.1 Å². The van der Waals surface area contributed by atoms with Crippen LogP contribution < -0.4 is 10.3 Å². The number of hydrogen-bond acceptors (Lipinski definition) is 5. The van der Waals surface area contributed by atoms with Crippen molar-refractivity contribution in [1.29, 1.82) is 0 Å². The predicted octanol–water partition coefficient (Wildman–Crippen LogP) is 3.08. The van der Waals surface area contributed by atoms with Gasteiger partial charge in [-0.3, -0.25) is 14.9 Å². The first kappa shape index (κ1) is 17.4. The number of nitrogens with one attached hydrogen (secondary N) is 1. The molecule has 24 heavy (non-hydrogen) atoms. The number of rotatable bonds is 5. The van der Waals surface area contributed by atoms with Gasteiger partial charge in [-0.05, 0) is 29.8 Å². The summed E-state index contributed by atoms with van der Waals surface area (Å²) in [5.41, 5.74) is 3.96. The lowest BCUT2D eigenvalue weighted by Crippen LogP contribution is -2.17. The van der Waals surface area contributed by atoms with Gasteiger partial charge in [0.05, 0.1) is 11.1 Å². The molecular weight excluding hydrogens is 332 g/mol. The van der Waals surface area contributed by atoms with Crippen LogP contribution in [0.25, 0.3) is 0 Å². The molecule has 0 aliphatic rings. The van der Waals surface area contributed by atoms with Crippen molar-refractivity contribution in [2.75, 3.05) is 19.0 Å². The summed E-state index contributed by atoms with van der Waals surface area (Å²) in [4.78, 5) is 24.1. The number of halogens is 1. The van der Waals surface area contributed by atoms with E-state index in [1.807, 2.05) is 43.3 Å². The maximum atomic E-state index is 12.0. The molecule has 0 saturated heterocycles. The molecule has 2 aromatic carbocycles. The van der Waals surface area contributed by atoms with Crippen molar-refractivity contribution in [3.8, 4) is 0 Å². The Balaban J connectivity index is 2.05. The van der Waals surface area contributed by atoms with Crippen molar-refractivity contribution < 1.29 is 9.72 Å². The van der Waals surface area contributed by atoms with Gasteiger partial charge in [0.1, 0.15) is 5.02 Å². The second-order valence-electron chi connectivity index (χ2n) is 5.11. The van der Waals surface area contributed by atoms with E-state index >= 15 is 0 Å². The van der Waals surface area contributed by atoms with Gasteiger partial charge in [-0.15, -0.1) is 0 Å². The number of nitro groups is 1. The Morgan fingerprint density at radius 3 is 2.50 bits per heavy atom. The van der Waals surface area contributed by atoms with E-state index in [-0.39, 0.29) is 16.3 Å². The van der Waals surface area contributed by atoms with E-state index < -0.39 is 10.8 Å². The zero-order valence-electron chi connectivity index (χ0n) is 13.1. The summed E-state index contributed by atoms with van der Waals surface area (Å²) in [5.74, 6) is -0.559. The van der Waals surface area contributed by atoms with Crippen LogP contribution in [0.15, 0.2) is 47.6 Å². The molecule has 0 spiro atoms. The molecule has 0 atom stereocenters. The highest BCUT2D eigenvalue weighted by molar-refractivity contribution is 6.32. The molecule has 1 amide bonds. The molecule has 0 aliphatic carbocycles. The number of hydrogen-bond donors (Lipinski definition) is 1. The van der Waals surface area contributed by atoms with Crippen molar-refractivity contribution in [1.82, 2.24) is 5.43 Å². The zero-order valence-corrected chi connectivity index (χ0v) is 13.8. The van der Waals surface area contributed by atoms with E-state index in [1.165, 1.54) is 18.3 Å². The highest BCUT2D eigenvalue weighted by Crippen LogP contribution is 2.24. The summed E-state index contributed by atoms with van der Waals surface area (Å²) in [5, 5.41) is 14.6. The molecule has 0 bridgehead atoms. The third-order valence-electron chi connectivity index (χ3n) is 3.19. The third-order valence-corrected chi connectivity index (χ3v) is 3.51. The van der Waals surface area contributed by atoms with Gasteiger partial charge in [0.25, 0.3) is 11.6 Å². The molecule has 8 heteroatoms. The lowest BCUT2D eigenvalue weighted by molar-refractivity contribution is -0.384. The van der Waals surface area contributed by atoms with E-state index in [0.29, 0.717) is 0 Å². The van der Waals surface area contributed by atoms with E-state index in [4.69, 9.17) is 11.6 Å². The largest absolute Gasteiger partial charge is 0.378 e. The Hall–Kier alpha value is -2.93. The summed E-state index contributed by atoms with van der Waals surface area (Å²) >= 11 is 5.71. The Morgan fingerprint density at radius 1 is 1.25 bits per heavy atom. The molecule has 2 aromatic rings. The maximum Gasteiger partial charge on any atom is 0.288 e. The summed E-state index contributed by atoms with van der Waals surface area (Å²) in [6.07, 6.45) is 1.49. The first-order valence-corrected chi connectivity index (χ1v) is 7.31. The number of anilines is 1. The van der Waals surface area contributed by atoms with E-state index in [1.54, 1.807) is 0 Å². The standard InChI is InChI=1S/C16H15ClN4O3/c1-20(2)13-6-3-11(4-7-13)10-18-19-16(22)12-5-8-14(17)15(9-12)21(23)24/h3-10H,1-2H3,(H,19,22). The Labute approximate surface area is 143 Å². The normalized spacial score (nSPS) is 10.6. The third kappa shape index (κ3) is 4.30. The van der Waals surface area contributed by atoms with Crippen LogP contribution in [0.1, 0.15) is 15.9 Å². The van der Waals surface area contributed by atoms with Gasteiger partial charge in [0.2, 0.25) is 0 Å². The van der Waals surface area contributed by atoms with Crippen LogP contribution in [0.2, 0.25) is 5.02 Å². The molecule has 2 rings (SSSR count). The SMILES string of the molecule is CN(C)c1ccc(C=NNC(=O)c2ccc(Cl)c([N+](=O)[O-])c2)cc1. The highest BCUT2D eigenvalue weighted by atomic mass is 35.5. The Bertz CT molecular complexity index is 788. The quantitative estimate of drug-likeness (QED) is 0.512. The van der Waals surface area contributed by atoms with Gasteiger partial charge >= 0.3 is 0 Å². The number of nitrogens with zero attached hydrogens (tertiary/aromatic N) is 3. The van der Waals surface area contributed by atoms with E-state index in [2.05, 4.69) is 10.5 Å². The minimum atomic E-state index is -0.644. The smallest absolute Gasteiger partial charge is 0.288 e. The minimum Gasteiger partial charge on any atom is -0.378 e. The average molecular weight is 347 g/mol. The summed E-state index contributed by atoms with van der Waals surface area (Å²) < 4.78 is 0. The van der Waals surface area contributed by atoms with Crippen molar-refractivity contribution in [2.45, 2.75) is 0 Å². The number of carbonyl (C=O) groups excluding carboxylic acids is 1. The Kier molecular flexibility index (Phi) is 5.49. The highest BCUT2D eigenvalue weighted by Gasteiger charge is 2.15. The average Bonchev–Trinajstić information content (AvgIpc) is 2.55. The molecule has 0 aromatic heterocycles. The lowest BCUT2D eigenvalue weighted by atomic mass is 10.2. The summed E-state index contributed by atoms with van der Waals surface area (Å²) in [6.45, 7) is 0. The van der Waals surface area contributed by atoms with Crippen molar-refractivity contribution in [3.63, 3.8) is 0 Å². The molecule has 7 nitrogen and oxygen atoms in total. The van der Waals surface area contributed by atoms with E-state index in [0.717, 1.165) is 17.3 Å². The van der Waals surface area contributed by atoms with Crippen molar-refractivity contribution in [2.24, 2.45) is 5.10 Å². The van der Waals surface area contributed by atoms with Gasteiger partial charge in [0.15, 0.2) is 0 Å². The molecule has 124 valence electrons. The fourth-order valence-electron chi connectivity index (χ4n) is 1.88.